The number of benzene rings is 2. The molecule has 1 fully saturated rings. The van der Waals surface area contributed by atoms with Crippen molar-refractivity contribution in [2.45, 2.75) is 32.3 Å². The van der Waals surface area contributed by atoms with Crippen LogP contribution in [0.1, 0.15) is 36.2 Å². The summed E-state index contributed by atoms with van der Waals surface area (Å²) in [6.07, 6.45) is 0.509. The smallest absolute Gasteiger partial charge is 0.253 e. The highest BCUT2D eigenvalue weighted by Crippen LogP contribution is 2.26. The van der Waals surface area contributed by atoms with E-state index in [9.17, 15) is 19.1 Å². The molecule has 0 bridgehead atoms. The number of ether oxygens (including phenoxy) is 2. The van der Waals surface area contributed by atoms with Crippen LogP contribution in [-0.4, -0.2) is 62.5 Å². The Morgan fingerprint density at radius 3 is 2.56 bits per heavy atom. The summed E-state index contributed by atoms with van der Waals surface area (Å²) in [6, 6.07) is 9.80. The van der Waals surface area contributed by atoms with Crippen molar-refractivity contribution in [3.8, 4) is 5.75 Å². The number of nitrogens with one attached hydrogen (secondary N) is 2. The summed E-state index contributed by atoms with van der Waals surface area (Å²) in [5, 5.41) is 15.5. The second kappa shape index (κ2) is 11.3. The Labute approximate surface area is 199 Å². The second-order valence-electron chi connectivity index (χ2n) is 8.84. The molecule has 34 heavy (non-hydrogen) atoms. The number of hydrogen-bond donors (Lipinski definition) is 3. The molecule has 9 heteroatoms. The number of nitrogens with zero attached hydrogens (tertiary/aromatic N) is 1. The van der Waals surface area contributed by atoms with Crippen LogP contribution in [0.2, 0.25) is 0 Å². The number of aliphatic hydroxyl groups is 1. The number of carbonyl (C=O) groups excluding carboxylic acids is 2. The summed E-state index contributed by atoms with van der Waals surface area (Å²) >= 11 is 0. The Morgan fingerprint density at radius 2 is 1.91 bits per heavy atom. The predicted molar refractivity (Wildman–Crippen MR) is 128 cm³/mol. The molecule has 184 valence electrons. The van der Waals surface area contributed by atoms with Crippen LogP contribution in [-0.2, 0) is 16.0 Å². The molecule has 0 saturated carbocycles. The third kappa shape index (κ3) is 7.16. The van der Waals surface area contributed by atoms with Crippen molar-refractivity contribution in [1.82, 2.24) is 5.32 Å². The van der Waals surface area contributed by atoms with E-state index in [1.807, 2.05) is 0 Å². The lowest BCUT2D eigenvalue weighted by atomic mass is 10.1. The highest BCUT2D eigenvalue weighted by molar-refractivity contribution is 6.02. The van der Waals surface area contributed by atoms with Crippen molar-refractivity contribution in [3.05, 3.63) is 53.3 Å². The summed E-state index contributed by atoms with van der Waals surface area (Å²) in [6.45, 7) is 5.74. The van der Waals surface area contributed by atoms with Crippen LogP contribution in [0.15, 0.2) is 36.4 Å². The van der Waals surface area contributed by atoms with E-state index in [1.54, 1.807) is 38.1 Å². The molecule has 1 aliphatic heterocycles. The van der Waals surface area contributed by atoms with Crippen molar-refractivity contribution in [2.75, 3.05) is 50.2 Å². The van der Waals surface area contributed by atoms with Gasteiger partial charge in [0.05, 0.1) is 31.5 Å². The molecule has 3 N–H and O–H groups in total. The highest BCUT2D eigenvalue weighted by atomic mass is 19.1. The van der Waals surface area contributed by atoms with Crippen LogP contribution in [0, 0.1) is 5.82 Å². The van der Waals surface area contributed by atoms with Crippen LogP contribution in [0.5, 0.6) is 5.75 Å². The van der Waals surface area contributed by atoms with Crippen molar-refractivity contribution in [1.29, 1.82) is 0 Å². The standard InChI is InChI=1S/C25H32FN3O5/c1-25(2,32)16-27-24(31)19-15-18(6-7-21(19)29-10-12-34-13-11-29)28-23(30)9-5-17-4-8-22(33-3)20(26)14-17/h4,6-8,14-15,32H,5,9-13,16H2,1-3H3,(H,27,31)(H,28,30). The molecule has 0 atom stereocenters. The zero-order chi connectivity index (χ0) is 24.7. The molecule has 2 amide bonds. The van der Waals surface area contributed by atoms with Gasteiger partial charge in [0, 0.05) is 37.4 Å². The summed E-state index contributed by atoms with van der Waals surface area (Å²) in [4.78, 5) is 27.5. The number of aryl methyl sites for hydroxylation is 1. The average molecular weight is 474 g/mol. The quantitative estimate of drug-likeness (QED) is 0.518. The fourth-order valence-electron chi connectivity index (χ4n) is 3.61. The first-order chi connectivity index (χ1) is 16.2. The lowest BCUT2D eigenvalue weighted by Crippen LogP contribution is -2.40. The van der Waals surface area contributed by atoms with E-state index in [2.05, 4.69) is 15.5 Å². The number of amides is 2. The Bertz CT molecular complexity index is 1020. The lowest BCUT2D eigenvalue weighted by molar-refractivity contribution is -0.116. The number of carbonyl (C=O) groups is 2. The maximum Gasteiger partial charge on any atom is 0.253 e. The fraction of sp³-hybridized carbons (Fsp3) is 0.440. The monoisotopic (exact) mass is 473 g/mol. The van der Waals surface area contributed by atoms with Gasteiger partial charge in [-0.3, -0.25) is 9.59 Å². The van der Waals surface area contributed by atoms with Gasteiger partial charge in [-0.1, -0.05) is 6.07 Å². The molecule has 0 unspecified atom stereocenters. The van der Waals surface area contributed by atoms with Gasteiger partial charge < -0.3 is 30.1 Å². The summed E-state index contributed by atoms with van der Waals surface area (Å²) in [5.74, 6) is -0.906. The first-order valence-corrected chi connectivity index (χ1v) is 11.3. The van der Waals surface area contributed by atoms with Gasteiger partial charge in [0.15, 0.2) is 11.6 Å². The van der Waals surface area contributed by atoms with Gasteiger partial charge in [-0.15, -0.1) is 0 Å². The Hall–Kier alpha value is -3.17. The Morgan fingerprint density at radius 1 is 1.18 bits per heavy atom. The number of hydrogen-bond acceptors (Lipinski definition) is 6. The van der Waals surface area contributed by atoms with Crippen LogP contribution in [0.4, 0.5) is 15.8 Å². The second-order valence-corrected chi connectivity index (χ2v) is 8.84. The van der Waals surface area contributed by atoms with Crippen LogP contribution < -0.4 is 20.3 Å². The molecule has 0 aromatic heterocycles. The van der Waals surface area contributed by atoms with E-state index < -0.39 is 11.4 Å². The number of halogens is 1. The first-order valence-electron chi connectivity index (χ1n) is 11.3. The molecule has 8 nitrogen and oxygen atoms in total. The first kappa shape index (κ1) is 25.5. The van der Waals surface area contributed by atoms with Crippen molar-refractivity contribution >= 4 is 23.2 Å². The lowest BCUT2D eigenvalue weighted by Gasteiger charge is -2.30. The molecular formula is C25H32FN3O5. The predicted octanol–water partition coefficient (Wildman–Crippen LogP) is 2.74. The van der Waals surface area contributed by atoms with Gasteiger partial charge in [-0.25, -0.2) is 4.39 Å². The summed E-state index contributed by atoms with van der Waals surface area (Å²) in [5.41, 5.74) is 1.25. The summed E-state index contributed by atoms with van der Waals surface area (Å²) in [7, 11) is 1.40. The van der Waals surface area contributed by atoms with Crippen molar-refractivity contribution in [2.24, 2.45) is 0 Å². The van der Waals surface area contributed by atoms with Gasteiger partial charge in [0.1, 0.15) is 0 Å². The zero-order valence-corrected chi connectivity index (χ0v) is 19.8. The molecule has 0 radical (unpaired) electrons. The van der Waals surface area contributed by atoms with Crippen molar-refractivity contribution in [3.63, 3.8) is 0 Å². The minimum Gasteiger partial charge on any atom is -0.494 e. The van der Waals surface area contributed by atoms with E-state index in [4.69, 9.17) is 9.47 Å². The van der Waals surface area contributed by atoms with Crippen LogP contribution in [0.3, 0.4) is 0 Å². The van der Waals surface area contributed by atoms with Gasteiger partial charge in [0.2, 0.25) is 5.91 Å². The van der Waals surface area contributed by atoms with Gasteiger partial charge in [0.25, 0.3) is 5.91 Å². The molecule has 2 aromatic carbocycles. The minimum atomic E-state index is -1.05. The third-order valence-corrected chi connectivity index (χ3v) is 5.42. The minimum absolute atomic E-state index is 0.0867. The molecule has 2 aromatic rings. The molecule has 1 aliphatic rings. The Kier molecular flexibility index (Phi) is 8.46. The maximum absolute atomic E-state index is 13.9. The molecule has 1 saturated heterocycles. The molecule has 0 spiro atoms. The van der Waals surface area contributed by atoms with E-state index >= 15 is 0 Å². The van der Waals surface area contributed by atoms with Crippen molar-refractivity contribution < 1.29 is 28.6 Å². The zero-order valence-electron chi connectivity index (χ0n) is 19.8. The summed E-state index contributed by atoms with van der Waals surface area (Å²) < 4.78 is 24.2. The molecular weight excluding hydrogens is 441 g/mol. The van der Waals surface area contributed by atoms with Gasteiger partial charge in [-0.2, -0.15) is 0 Å². The SMILES string of the molecule is COc1ccc(CCC(=O)Nc2ccc(N3CCOCC3)c(C(=O)NCC(C)(C)O)c2)cc1F. The average Bonchev–Trinajstić information content (AvgIpc) is 2.81. The third-order valence-electron chi connectivity index (χ3n) is 5.42. The molecule has 3 rings (SSSR count). The van der Waals surface area contributed by atoms with Crippen LogP contribution in [0.25, 0.3) is 0 Å². The van der Waals surface area contributed by atoms with E-state index in [1.165, 1.54) is 19.2 Å². The topological polar surface area (TPSA) is 100 Å². The fourth-order valence-corrected chi connectivity index (χ4v) is 3.61. The van der Waals surface area contributed by atoms with Gasteiger partial charge >= 0.3 is 0 Å². The number of rotatable bonds is 9. The van der Waals surface area contributed by atoms with E-state index in [0.29, 0.717) is 49.5 Å². The van der Waals surface area contributed by atoms with E-state index in [-0.39, 0.29) is 30.5 Å². The van der Waals surface area contributed by atoms with E-state index in [0.717, 1.165) is 5.69 Å². The normalized spacial score (nSPS) is 14.0. The Balaban J connectivity index is 1.71. The number of morpholine rings is 1. The largest absolute Gasteiger partial charge is 0.494 e. The molecule has 0 aliphatic carbocycles. The number of anilines is 2. The maximum atomic E-state index is 13.9. The molecule has 1 heterocycles. The van der Waals surface area contributed by atoms with Crippen LogP contribution >= 0.6 is 0 Å². The van der Waals surface area contributed by atoms with Gasteiger partial charge in [-0.05, 0) is 56.2 Å². The highest BCUT2D eigenvalue weighted by Gasteiger charge is 2.22. The number of methoxy groups -OCH3 is 1.